The average Bonchev–Trinajstić information content (AvgIpc) is 2.65. The number of nitrogens with one attached hydrogen (secondary N) is 2. The highest BCUT2D eigenvalue weighted by Crippen LogP contribution is 2.23. The topological polar surface area (TPSA) is 69.3 Å². The van der Waals surface area contributed by atoms with Gasteiger partial charge in [0.15, 0.2) is 0 Å². The van der Waals surface area contributed by atoms with Crippen molar-refractivity contribution >= 4 is 39.9 Å². The van der Waals surface area contributed by atoms with Gasteiger partial charge in [-0.1, -0.05) is 17.7 Å². The van der Waals surface area contributed by atoms with E-state index >= 15 is 0 Å². The molecule has 5 nitrogen and oxygen atoms in total. The third-order valence-corrected chi connectivity index (χ3v) is 4.81. The van der Waals surface area contributed by atoms with Crippen LogP contribution in [0, 0.1) is 12.3 Å². The van der Waals surface area contributed by atoms with Crippen LogP contribution in [0.5, 0.6) is 0 Å². The Morgan fingerprint density at radius 2 is 1.89 bits per heavy atom. The number of fused-ring (bicyclic) bond motifs is 1. The number of hydrogen-bond donors (Lipinski definition) is 2. The Morgan fingerprint density at radius 3 is 2.59 bits per heavy atom. The summed E-state index contributed by atoms with van der Waals surface area (Å²) < 4.78 is 5.64. The van der Waals surface area contributed by atoms with E-state index < -0.39 is 5.91 Å². The standard InChI is InChI=1S/C21H22ClN3O2/c1-4-25(5-2)16-9-7-14-10-17(20(23)27-19(14)12-16)21(26)24-18-11-15(22)8-6-13(18)3/h6-12,23H,4-5H2,1-3H3,(H,24,26). The molecule has 0 bridgehead atoms. The van der Waals surface area contributed by atoms with Crippen molar-refractivity contribution in [3.8, 4) is 0 Å². The minimum Gasteiger partial charge on any atom is -0.438 e. The second-order valence-electron chi connectivity index (χ2n) is 6.30. The van der Waals surface area contributed by atoms with Gasteiger partial charge in [-0.3, -0.25) is 10.2 Å². The van der Waals surface area contributed by atoms with Crippen molar-refractivity contribution in [2.24, 2.45) is 0 Å². The van der Waals surface area contributed by atoms with Gasteiger partial charge in [0.05, 0.1) is 0 Å². The molecule has 1 aromatic heterocycles. The van der Waals surface area contributed by atoms with Crippen molar-refractivity contribution in [3.63, 3.8) is 0 Å². The first-order valence-corrected chi connectivity index (χ1v) is 9.25. The van der Waals surface area contributed by atoms with Crippen molar-refractivity contribution in [1.29, 1.82) is 5.41 Å². The van der Waals surface area contributed by atoms with E-state index in [0.29, 0.717) is 16.3 Å². The molecular formula is C21H22ClN3O2. The first-order valence-electron chi connectivity index (χ1n) is 8.88. The van der Waals surface area contributed by atoms with Gasteiger partial charge in [-0.2, -0.15) is 0 Å². The van der Waals surface area contributed by atoms with E-state index in [0.717, 1.165) is 29.7 Å². The van der Waals surface area contributed by atoms with Gasteiger partial charge in [-0.05, 0) is 56.7 Å². The van der Waals surface area contributed by atoms with Crippen LogP contribution >= 0.6 is 11.6 Å². The summed E-state index contributed by atoms with van der Waals surface area (Å²) in [5.41, 5.74) is 3.13. The number of carbonyl (C=O) groups is 1. The molecule has 2 N–H and O–H groups in total. The van der Waals surface area contributed by atoms with Crippen LogP contribution in [0.25, 0.3) is 11.0 Å². The molecule has 0 aliphatic heterocycles. The summed E-state index contributed by atoms with van der Waals surface area (Å²) >= 11 is 6.01. The van der Waals surface area contributed by atoms with Crippen molar-refractivity contribution < 1.29 is 9.21 Å². The number of aryl methyl sites for hydroxylation is 1. The number of hydrogen-bond acceptors (Lipinski definition) is 4. The van der Waals surface area contributed by atoms with E-state index in [1.54, 1.807) is 18.2 Å². The maximum atomic E-state index is 12.7. The minimum atomic E-state index is -0.399. The van der Waals surface area contributed by atoms with Gasteiger partial charge in [0.2, 0.25) is 5.55 Å². The van der Waals surface area contributed by atoms with Crippen LogP contribution in [-0.4, -0.2) is 19.0 Å². The van der Waals surface area contributed by atoms with Gasteiger partial charge < -0.3 is 14.6 Å². The zero-order valence-corrected chi connectivity index (χ0v) is 16.4. The van der Waals surface area contributed by atoms with Gasteiger partial charge >= 0.3 is 0 Å². The lowest BCUT2D eigenvalue weighted by molar-refractivity contribution is 0.102. The van der Waals surface area contributed by atoms with Crippen LogP contribution in [0.4, 0.5) is 11.4 Å². The normalized spacial score (nSPS) is 10.8. The molecule has 0 atom stereocenters. The lowest BCUT2D eigenvalue weighted by atomic mass is 10.1. The fourth-order valence-corrected chi connectivity index (χ4v) is 3.16. The number of halogens is 1. The van der Waals surface area contributed by atoms with Crippen LogP contribution in [-0.2, 0) is 0 Å². The van der Waals surface area contributed by atoms with Gasteiger partial charge in [0.1, 0.15) is 11.1 Å². The molecule has 2 aromatic carbocycles. The summed E-state index contributed by atoms with van der Waals surface area (Å²) in [6.07, 6.45) is 0. The molecule has 3 aromatic rings. The molecular weight excluding hydrogens is 362 g/mol. The molecule has 1 amide bonds. The third kappa shape index (κ3) is 3.98. The first kappa shape index (κ1) is 19.0. The van der Waals surface area contributed by atoms with E-state index in [2.05, 4.69) is 24.1 Å². The molecule has 0 fully saturated rings. The predicted octanol–water partition coefficient (Wildman–Crippen LogP) is 4.97. The molecule has 0 aliphatic rings. The van der Waals surface area contributed by atoms with Gasteiger partial charge in [0, 0.05) is 40.9 Å². The van der Waals surface area contributed by atoms with E-state index in [-0.39, 0.29) is 11.1 Å². The number of amides is 1. The SMILES string of the molecule is CCN(CC)c1ccc2cc(C(=O)Nc3cc(Cl)ccc3C)c(=N)oc2c1. The maximum absolute atomic E-state index is 12.7. The highest BCUT2D eigenvalue weighted by molar-refractivity contribution is 6.31. The Labute approximate surface area is 163 Å². The molecule has 0 aliphatic carbocycles. The fourth-order valence-electron chi connectivity index (χ4n) is 2.99. The summed E-state index contributed by atoms with van der Waals surface area (Å²) in [6, 6.07) is 12.8. The van der Waals surface area contributed by atoms with Crippen LogP contribution < -0.4 is 15.8 Å². The monoisotopic (exact) mass is 383 g/mol. The summed E-state index contributed by atoms with van der Waals surface area (Å²) in [4.78, 5) is 14.9. The molecule has 0 spiro atoms. The number of anilines is 2. The van der Waals surface area contributed by atoms with E-state index in [1.807, 2.05) is 31.2 Å². The summed E-state index contributed by atoms with van der Waals surface area (Å²) in [6.45, 7) is 7.83. The second-order valence-corrected chi connectivity index (χ2v) is 6.73. The number of carbonyl (C=O) groups excluding carboxylic acids is 1. The molecule has 27 heavy (non-hydrogen) atoms. The molecule has 6 heteroatoms. The van der Waals surface area contributed by atoms with E-state index in [1.165, 1.54) is 0 Å². The van der Waals surface area contributed by atoms with Crippen molar-refractivity contribution in [3.05, 3.63) is 64.2 Å². The highest BCUT2D eigenvalue weighted by Gasteiger charge is 2.14. The number of benzene rings is 2. The fraction of sp³-hybridized carbons (Fsp3) is 0.238. The molecule has 140 valence electrons. The smallest absolute Gasteiger partial charge is 0.261 e. The Hall–Kier alpha value is -2.79. The average molecular weight is 384 g/mol. The minimum absolute atomic E-state index is 0.170. The van der Waals surface area contributed by atoms with Crippen molar-refractivity contribution in [2.75, 3.05) is 23.3 Å². The first-order chi connectivity index (χ1) is 12.9. The quantitative estimate of drug-likeness (QED) is 0.653. The van der Waals surface area contributed by atoms with Crippen molar-refractivity contribution in [1.82, 2.24) is 0 Å². The van der Waals surface area contributed by atoms with Gasteiger partial charge in [-0.15, -0.1) is 0 Å². The lowest BCUT2D eigenvalue weighted by Gasteiger charge is -2.21. The Bertz CT molecular complexity index is 1050. The molecule has 3 rings (SSSR count). The van der Waals surface area contributed by atoms with E-state index in [9.17, 15) is 4.79 Å². The molecule has 0 radical (unpaired) electrons. The predicted molar refractivity (Wildman–Crippen MR) is 110 cm³/mol. The van der Waals surface area contributed by atoms with Crippen LogP contribution in [0.2, 0.25) is 5.02 Å². The summed E-state index contributed by atoms with van der Waals surface area (Å²) in [5, 5.41) is 12.3. The van der Waals surface area contributed by atoms with Crippen molar-refractivity contribution in [2.45, 2.75) is 20.8 Å². The zero-order chi connectivity index (χ0) is 19.6. The third-order valence-electron chi connectivity index (χ3n) is 4.57. The van der Waals surface area contributed by atoms with E-state index in [4.69, 9.17) is 21.4 Å². The molecule has 0 unspecified atom stereocenters. The van der Waals surface area contributed by atoms with Crippen LogP contribution in [0.1, 0.15) is 29.8 Å². The van der Waals surface area contributed by atoms with Gasteiger partial charge in [-0.25, -0.2) is 0 Å². The second kappa shape index (κ2) is 7.84. The molecule has 1 heterocycles. The summed E-state index contributed by atoms with van der Waals surface area (Å²) in [5.74, 6) is -0.399. The van der Waals surface area contributed by atoms with Crippen LogP contribution in [0.15, 0.2) is 46.9 Å². The zero-order valence-electron chi connectivity index (χ0n) is 15.6. The molecule has 0 saturated heterocycles. The maximum Gasteiger partial charge on any atom is 0.261 e. The Kier molecular flexibility index (Phi) is 5.51. The highest BCUT2D eigenvalue weighted by atomic mass is 35.5. The summed E-state index contributed by atoms with van der Waals surface area (Å²) in [7, 11) is 0. The van der Waals surface area contributed by atoms with Crippen LogP contribution in [0.3, 0.4) is 0 Å². The Morgan fingerprint density at radius 1 is 1.15 bits per heavy atom. The number of rotatable bonds is 5. The largest absolute Gasteiger partial charge is 0.438 e. The Balaban J connectivity index is 1.96. The molecule has 0 saturated carbocycles. The van der Waals surface area contributed by atoms with Gasteiger partial charge in [0.25, 0.3) is 5.91 Å². The lowest BCUT2D eigenvalue weighted by Crippen LogP contribution is -2.22. The number of nitrogens with zero attached hydrogens (tertiary/aromatic N) is 1.